The van der Waals surface area contributed by atoms with Gasteiger partial charge in [-0.3, -0.25) is 24.1 Å². The normalized spacial score (nSPS) is 19.8. The third kappa shape index (κ3) is 4.01. The predicted molar refractivity (Wildman–Crippen MR) is 117 cm³/mol. The van der Waals surface area contributed by atoms with Gasteiger partial charge in [-0.2, -0.15) is 0 Å². The molecule has 2 aromatic rings. The van der Waals surface area contributed by atoms with Crippen molar-refractivity contribution >= 4 is 35.0 Å². The summed E-state index contributed by atoms with van der Waals surface area (Å²) in [4.78, 5) is 51.4. The average Bonchev–Trinajstić information content (AvgIpc) is 3.47. The SMILES string of the molecule is O=C(Nc1cccc(NC(=O)C2CC2)c1)c1ccc2c(c1)C(=O)N(CC1CCCO1)C2=O. The lowest BCUT2D eigenvalue weighted by Gasteiger charge is -2.17. The minimum atomic E-state index is -0.406. The van der Waals surface area contributed by atoms with Gasteiger partial charge in [0.1, 0.15) is 0 Å². The fraction of sp³-hybridized carbons (Fsp3) is 0.333. The van der Waals surface area contributed by atoms with E-state index in [1.54, 1.807) is 24.3 Å². The van der Waals surface area contributed by atoms with Crippen LogP contribution in [-0.4, -0.2) is 47.8 Å². The molecular formula is C24H23N3O5. The summed E-state index contributed by atoms with van der Waals surface area (Å²) >= 11 is 0. The van der Waals surface area contributed by atoms with E-state index in [1.165, 1.54) is 23.1 Å². The van der Waals surface area contributed by atoms with Gasteiger partial charge in [-0.15, -0.1) is 0 Å². The fourth-order valence-electron chi connectivity index (χ4n) is 4.06. The molecule has 5 rings (SSSR count). The number of anilines is 2. The van der Waals surface area contributed by atoms with Gasteiger partial charge in [0.15, 0.2) is 0 Å². The van der Waals surface area contributed by atoms with Crippen molar-refractivity contribution < 1.29 is 23.9 Å². The molecule has 2 aromatic carbocycles. The number of imide groups is 1. The Bertz CT molecular complexity index is 1120. The number of carbonyl (C=O) groups is 4. The van der Waals surface area contributed by atoms with E-state index in [9.17, 15) is 19.2 Å². The first-order valence-electron chi connectivity index (χ1n) is 10.8. The van der Waals surface area contributed by atoms with E-state index < -0.39 is 11.8 Å². The number of nitrogens with one attached hydrogen (secondary N) is 2. The van der Waals surface area contributed by atoms with Gasteiger partial charge in [0.25, 0.3) is 17.7 Å². The Morgan fingerprint density at radius 1 is 0.938 bits per heavy atom. The van der Waals surface area contributed by atoms with Crippen LogP contribution in [0.5, 0.6) is 0 Å². The number of benzene rings is 2. The van der Waals surface area contributed by atoms with Gasteiger partial charge in [-0.25, -0.2) is 0 Å². The molecule has 1 saturated heterocycles. The van der Waals surface area contributed by atoms with Crippen LogP contribution < -0.4 is 10.6 Å². The van der Waals surface area contributed by atoms with E-state index in [1.807, 2.05) is 0 Å². The van der Waals surface area contributed by atoms with Crippen LogP contribution in [0.4, 0.5) is 11.4 Å². The second-order valence-electron chi connectivity index (χ2n) is 8.41. The molecule has 1 aliphatic carbocycles. The molecule has 2 N–H and O–H groups in total. The summed E-state index contributed by atoms with van der Waals surface area (Å²) in [6, 6.07) is 11.4. The molecule has 32 heavy (non-hydrogen) atoms. The molecule has 0 bridgehead atoms. The van der Waals surface area contributed by atoms with Crippen molar-refractivity contribution in [1.82, 2.24) is 4.90 Å². The maximum absolute atomic E-state index is 12.8. The van der Waals surface area contributed by atoms with Crippen LogP contribution in [0.15, 0.2) is 42.5 Å². The number of carbonyl (C=O) groups excluding carboxylic acids is 4. The van der Waals surface area contributed by atoms with Crippen LogP contribution in [-0.2, 0) is 9.53 Å². The van der Waals surface area contributed by atoms with Gasteiger partial charge in [0, 0.05) is 29.5 Å². The maximum Gasteiger partial charge on any atom is 0.261 e. The lowest BCUT2D eigenvalue weighted by atomic mass is 10.1. The molecule has 1 unspecified atom stereocenters. The molecule has 0 aromatic heterocycles. The summed E-state index contributed by atoms with van der Waals surface area (Å²) in [6.45, 7) is 0.872. The van der Waals surface area contributed by atoms with E-state index in [-0.39, 0.29) is 41.5 Å². The zero-order chi connectivity index (χ0) is 22.2. The molecule has 1 saturated carbocycles. The minimum Gasteiger partial charge on any atom is -0.376 e. The highest BCUT2D eigenvalue weighted by atomic mass is 16.5. The fourth-order valence-corrected chi connectivity index (χ4v) is 4.06. The second kappa shape index (κ2) is 8.20. The van der Waals surface area contributed by atoms with Crippen LogP contribution in [0.1, 0.15) is 56.8 Å². The molecule has 1 atom stereocenters. The van der Waals surface area contributed by atoms with E-state index in [2.05, 4.69) is 10.6 Å². The first kappa shape index (κ1) is 20.4. The Morgan fingerprint density at radius 3 is 2.41 bits per heavy atom. The Hall–Kier alpha value is -3.52. The Balaban J connectivity index is 1.29. The molecule has 0 spiro atoms. The molecule has 4 amide bonds. The molecule has 2 heterocycles. The average molecular weight is 433 g/mol. The van der Waals surface area contributed by atoms with E-state index >= 15 is 0 Å². The van der Waals surface area contributed by atoms with E-state index in [0.717, 1.165) is 25.7 Å². The van der Waals surface area contributed by atoms with Crippen molar-refractivity contribution in [2.45, 2.75) is 31.8 Å². The van der Waals surface area contributed by atoms with Gasteiger partial charge in [0.2, 0.25) is 5.91 Å². The standard InChI is InChI=1S/C24H23N3O5/c28-21(14-6-7-14)25-16-3-1-4-17(12-16)26-22(29)15-8-9-19-20(11-15)24(31)27(23(19)30)13-18-5-2-10-32-18/h1,3-4,8-9,11-12,14,18H,2,5-7,10,13H2,(H,25,28)(H,26,29). The number of hydrogen-bond acceptors (Lipinski definition) is 5. The summed E-state index contributed by atoms with van der Waals surface area (Å²) in [7, 11) is 0. The molecule has 8 nitrogen and oxygen atoms in total. The molecular weight excluding hydrogens is 410 g/mol. The number of amides is 4. The molecule has 0 radical (unpaired) electrons. The summed E-state index contributed by atoms with van der Waals surface area (Å²) < 4.78 is 5.55. The Kier molecular flexibility index (Phi) is 5.22. The largest absolute Gasteiger partial charge is 0.376 e. The van der Waals surface area contributed by atoms with Crippen LogP contribution in [0.25, 0.3) is 0 Å². The predicted octanol–water partition coefficient (Wildman–Crippen LogP) is 3.06. The van der Waals surface area contributed by atoms with Crippen LogP contribution in [0.3, 0.4) is 0 Å². The third-order valence-electron chi connectivity index (χ3n) is 5.98. The smallest absolute Gasteiger partial charge is 0.261 e. The molecule has 2 aliphatic heterocycles. The van der Waals surface area contributed by atoms with Crippen molar-refractivity contribution in [3.63, 3.8) is 0 Å². The van der Waals surface area contributed by atoms with Gasteiger partial charge < -0.3 is 15.4 Å². The zero-order valence-corrected chi connectivity index (χ0v) is 17.4. The second-order valence-corrected chi connectivity index (χ2v) is 8.41. The lowest BCUT2D eigenvalue weighted by Crippen LogP contribution is -2.36. The molecule has 2 fully saturated rings. The quantitative estimate of drug-likeness (QED) is 0.682. The van der Waals surface area contributed by atoms with Gasteiger partial charge in [-0.05, 0) is 62.1 Å². The summed E-state index contributed by atoms with van der Waals surface area (Å²) in [6.07, 6.45) is 3.43. The lowest BCUT2D eigenvalue weighted by molar-refractivity contribution is -0.117. The number of nitrogens with zero attached hydrogens (tertiary/aromatic N) is 1. The van der Waals surface area contributed by atoms with Crippen LogP contribution in [0.2, 0.25) is 0 Å². The van der Waals surface area contributed by atoms with Crippen molar-refractivity contribution in [1.29, 1.82) is 0 Å². The number of fused-ring (bicyclic) bond motifs is 1. The molecule has 8 heteroatoms. The topological polar surface area (TPSA) is 105 Å². The van der Waals surface area contributed by atoms with Gasteiger partial charge in [0.05, 0.1) is 23.8 Å². The van der Waals surface area contributed by atoms with Crippen molar-refractivity contribution in [3.8, 4) is 0 Å². The van der Waals surface area contributed by atoms with Crippen molar-refractivity contribution in [3.05, 3.63) is 59.2 Å². The third-order valence-corrected chi connectivity index (χ3v) is 5.98. The number of rotatable bonds is 6. The highest BCUT2D eigenvalue weighted by Gasteiger charge is 2.38. The zero-order valence-electron chi connectivity index (χ0n) is 17.4. The summed E-state index contributed by atoms with van der Waals surface area (Å²) in [5.41, 5.74) is 1.93. The van der Waals surface area contributed by atoms with Crippen molar-refractivity contribution in [2.75, 3.05) is 23.8 Å². The van der Waals surface area contributed by atoms with E-state index in [0.29, 0.717) is 23.5 Å². The van der Waals surface area contributed by atoms with E-state index in [4.69, 9.17) is 4.74 Å². The Morgan fingerprint density at radius 2 is 1.69 bits per heavy atom. The van der Waals surface area contributed by atoms with Gasteiger partial charge >= 0.3 is 0 Å². The summed E-state index contributed by atoms with van der Waals surface area (Å²) in [5, 5.41) is 5.63. The van der Waals surface area contributed by atoms with Crippen LogP contribution in [0, 0.1) is 5.92 Å². The van der Waals surface area contributed by atoms with Crippen molar-refractivity contribution in [2.24, 2.45) is 5.92 Å². The molecule has 3 aliphatic rings. The van der Waals surface area contributed by atoms with Crippen LogP contribution >= 0.6 is 0 Å². The monoisotopic (exact) mass is 433 g/mol. The molecule has 164 valence electrons. The first-order valence-corrected chi connectivity index (χ1v) is 10.8. The minimum absolute atomic E-state index is 0.0113. The highest BCUT2D eigenvalue weighted by Crippen LogP contribution is 2.30. The maximum atomic E-state index is 12.8. The summed E-state index contributed by atoms with van der Waals surface area (Å²) in [5.74, 6) is -1.09. The highest BCUT2D eigenvalue weighted by molar-refractivity contribution is 6.22. The van der Waals surface area contributed by atoms with Gasteiger partial charge in [-0.1, -0.05) is 6.07 Å². The first-order chi connectivity index (χ1) is 15.5. The number of hydrogen-bond donors (Lipinski definition) is 2. The number of ether oxygens (including phenoxy) is 1. The Labute approximate surface area is 184 Å².